The van der Waals surface area contributed by atoms with Crippen LogP contribution in [0, 0.1) is 5.82 Å². The molecule has 0 saturated carbocycles. The second-order valence-electron chi connectivity index (χ2n) is 5.88. The molecule has 2 amide bonds. The Morgan fingerprint density at radius 2 is 2.16 bits per heavy atom. The van der Waals surface area contributed by atoms with Crippen LogP contribution in [0.1, 0.15) is 23.2 Å². The molecule has 11 heteroatoms. The minimum absolute atomic E-state index is 0.105. The Kier molecular flexibility index (Phi) is 4.52. The molecule has 0 aromatic heterocycles. The largest absolute Gasteiger partial charge is 0.506 e. The molecule has 2 fully saturated rings. The van der Waals surface area contributed by atoms with Gasteiger partial charge in [0.15, 0.2) is 5.82 Å². The Hall–Kier alpha value is -2.40. The van der Waals surface area contributed by atoms with Crippen molar-refractivity contribution in [1.82, 2.24) is 15.4 Å². The fourth-order valence-electron chi connectivity index (χ4n) is 2.85. The lowest BCUT2D eigenvalue weighted by Crippen LogP contribution is -2.45. The smallest absolute Gasteiger partial charge is 0.326 e. The Bertz CT molecular complexity index is 800. The predicted octanol–water partition coefficient (Wildman–Crippen LogP) is -0.806. The maximum Gasteiger partial charge on any atom is 0.326 e. The first kappa shape index (κ1) is 17.4. The van der Waals surface area contributed by atoms with E-state index in [9.17, 15) is 27.5 Å². The standard InChI is InChI=1S/C14H17FN4O5S/c15-10-4-8(14(22)17-9-2-1-3-16-6-9)5-11(20)13(10)19-7-12(21)18-25(19,23)24/h4-5,9,16,20H,1-3,6-7H2,(H,17,22)(H,18,21)/t9-/m1/s1. The fraction of sp³-hybridized carbons (Fsp3) is 0.429. The molecule has 9 nitrogen and oxygen atoms in total. The summed E-state index contributed by atoms with van der Waals surface area (Å²) in [7, 11) is -4.27. The first-order valence-electron chi connectivity index (χ1n) is 7.65. The molecule has 1 aromatic carbocycles. The summed E-state index contributed by atoms with van der Waals surface area (Å²) >= 11 is 0. The Labute approximate surface area is 143 Å². The highest BCUT2D eigenvalue weighted by molar-refractivity contribution is 7.92. The lowest BCUT2D eigenvalue weighted by Gasteiger charge is -2.24. The van der Waals surface area contributed by atoms with Crippen molar-refractivity contribution >= 4 is 27.7 Å². The maximum atomic E-state index is 14.4. The number of piperidine rings is 1. The third kappa shape index (κ3) is 3.51. The molecule has 136 valence electrons. The lowest BCUT2D eigenvalue weighted by molar-refractivity contribution is -0.117. The van der Waals surface area contributed by atoms with E-state index in [2.05, 4.69) is 10.6 Å². The molecule has 25 heavy (non-hydrogen) atoms. The van der Waals surface area contributed by atoms with E-state index in [4.69, 9.17) is 0 Å². The zero-order valence-electron chi connectivity index (χ0n) is 13.1. The van der Waals surface area contributed by atoms with Crippen LogP contribution < -0.4 is 19.7 Å². The van der Waals surface area contributed by atoms with Crippen molar-refractivity contribution in [3.05, 3.63) is 23.5 Å². The molecule has 4 N–H and O–H groups in total. The first-order chi connectivity index (χ1) is 11.8. The molecule has 0 radical (unpaired) electrons. The predicted molar refractivity (Wildman–Crippen MR) is 85.8 cm³/mol. The second kappa shape index (κ2) is 6.48. The molecule has 0 bridgehead atoms. The second-order valence-corrected chi connectivity index (χ2v) is 7.47. The highest BCUT2D eigenvalue weighted by Crippen LogP contribution is 2.34. The molecule has 0 spiro atoms. The zero-order chi connectivity index (χ0) is 18.2. The summed E-state index contributed by atoms with van der Waals surface area (Å²) in [5, 5.41) is 15.9. The third-order valence-corrected chi connectivity index (χ3v) is 5.38. The van der Waals surface area contributed by atoms with Gasteiger partial charge in [-0.1, -0.05) is 0 Å². The van der Waals surface area contributed by atoms with Gasteiger partial charge in [0, 0.05) is 18.2 Å². The summed E-state index contributed by atoms with van der Waals surface area (Å²) < 4.78 is 40.1. The zero-order valence-corrected chi connectivity index (χ0v) is 13.9. The molecule has 2 aliphatic heterocycles. The molecule has 3 rings (SSSR count). The van der Waals surface area contributed by atoms with Gasteiger partial charge in [-0.25, -0.2) is 13.4 Å². The molecule has 1 atom stereocenters. The minimum Gasteiger partial charge on any atom is -0.506 e. The number of hydrogen-bond donors (Lipinski definition) is 4. The van der Waals surface area contributed by atoms with Gasteiger partial charge in [0.1, 0.15) is 18.0 Å². The quantitative estimate of drug-likeness (QED) is 0.550. The van der Waals surface area contributed by atoms with Crippen molar-refractivity contribution in [2.24, 2.45) is 0 Å². The van der Waals surface area contributed by atoms with E-state index >= 15 is 0 Å². The summed E-state index contributed by atoms with van der Waals surface area (Å²) in [5.74, 6) is -3.28. The molecular weight excluding hydrogens is 355 g/mol. The Morgan fingerprint density at radius 1 is 1.40 bits per heavy atom. The van der Waals surface area contributed by atoms with Crippen LogP contribution in [0.2, 0.25) is 0 Å². The van der Waals surface area contributed by atoms with E-state index in [0.717, 1.165) is 31.5 Å². The minimum atomic E-state index is -4.27. The van der Waals surface area contributed by atoms with Gasteiger partial charge < -0.3 is 15.7 Å². The number of carbonyl (C=O) groups excluding carboxylic acids is 2. The molecule has 2 heterocycles. The van der Waals surface area contributed by atoms with Crippen molar-refractivity contribution in [2.45, 2.75) is 18.9 Å². The number of aromatic hydroxyl groups is 1. The number of halogens is 1. The highest BCUT2D eigenvalue weighted by Gasteiger charge is 2.37. The van der Waals surface area contributed by atoms with Crippen LogP contribution in [0.5, 0.6) is 5.75 Å². The summed E-state index contributed by atoms with van der Waals surface area (Å²) in [6.07, 6.45) is 1.68. The number of nitrogens with zero attached hydrogens (tertiary/aromatic N) is 1. The molecule has 1 aromatic rings. The van der Waals surface area contributed by atoms with E-state index in [1.807, 2.05) is 0 Å². The fourth-order valence-corrected chi connectivity index (χ4v) is 4.02. The van der Waals surface area contributed by atoms with E-state index in [0.29, 0.717) is 10.8 Å². The number of amides is 2. The van der Waals surface area contributed by atoms with Crippen LogP contribution >= 0.6 is 0 Å². The van der Waals surface area contributed by atoms with Crippen molar-refractivity contribution < 1.29 is 27.5 Å². The van der Waals surface area contributed by atoms with Crippen LogP contribution in [0.15, 0.2) is 12.1 Å². The molecule has 0 aliphatic carbocycles. The number of carbonyl (C=O) groups is 2. The number of rotatable bonds is 3. The van der Waals surface area contributed by atoms with Crippen LogP contribution in [-0.4, -0.2) is 51.0 Å². The highest BCUT2D eigenvalue weighted by atomic mass is 32.2. The Balaban J connectivity index is 1.85. The van der Waals surface area contributed by atoms with E-state index in [1.54, 1.807) is 4.72 Å². The topological polar surface area (TPSA) is 128 Å². The van der Waals surface area contributed by atoms with Crippen molar-refractivity contribution in [3.8, 4) is 5.75 Å². The number of benzene rings is 1. The van der Waals surface area contributed by atoms with Gasteiger partial charge in [-0.2, -0.15) is 8.42 Å². The van der Waals surface area contributed by atoms with E-state index in [1.165, 1.54) is 0 Å². The van der Waals surface area contributed by atoms with E-state index < -0.39 is 45.8 Å². The van der Waals surface area contributed by atoms with Crippen molar-refractivity contribution in [1.29, 1.82) is 0 Å². The SMILES string of the molecule is O=C1CN(c2c(O)cc(C(=O)N[C@@H]3CCCNC3)cc2F)S(=O)(=O)N1. The van der Waals surface area contributed by atoms with Gasteiger partial charge in [-0.15, -0.1) is 0 Å². The molecular formula is C14H17FN4O5S. The normalized spacial score (nSPS) is 22.5. The average Bonchev–Trinajstić information content (AvgIpc) is 2.80. The maximum absolute atomic E-state index is 14.4. The van der Waals surface area contributed by atoms with Gasteiger partial charge in [-0.3, -0.25) is 9.59 Å². The number of hydrogen-bond acceptors (Lipinski definition) is 6. The van der Waals surface area contributed by atoms with Crippen LogP contribution in [-0.2, 0) is 15.0 Å². The van der Waals surface area contributed by atoms with Crippen LogP contribution in [0.3, 0.4) is 0 Å². The monoisotopic (exact) mass is 372 g/mol. The van der Waals surface area contributed by atoms with Gasteiger partial charge in [-0.05, 0) is 31.5 Å². The van der Waals surface area contributed by atoms with Gasteiger partial charge in [0.05, 0.1) is 0 Å². The van der Waals surface area contributed by atoms with Gasteiger partial charge >= 0.3 is 10.2 Å². The molecule has 2 saturated heterocycles. The van der Waals surface area contributed by atoms with Gasteiger partial charge in [0.2, 0.25) is 0 Å². The van der Waals surface area contributed by atoms with Crippen molar-refractivity contribution in [3.63, 3.8) is 0 Å². The van der Waals surface area contributed by atoms with Gasteiger partial charge in [0.25, 0.3) is 11.8 Å². The summed E-state index contributed by atoms with van der Waals surface area (Å²) in [6.45, 7) is 0.817. The number of nitrogens with one attached hydrogen (secondary N) is 3. The van der Waals surface area contributed by atoms with Crippen molar-refractivity contribution in [2.75, 3.05) is 23.9 Å². The molecule has 2 aliphatic rings. The van der Waals surface area contributed by atoms with Crippen LogP contribution in [0.4, 0.5) is 10.1 Å². The molecule has 0 unspecified atom stereocenters. The number of phenolic OH excluding ortho intramolecular Hbond substituents is 1. The Morgan fingerprint density at radius 3 is 2.72 bits per heavy atom. The number of phenols is 1. The summed E-state index contributed by atoms with van der Waals surface area (Å²) in [6, 6.07) is 1.70. The average molecular weight is 372 g/mol. The first-order valence-corrected chi connectivity index (χ1v) is 9.09. The van der Waals surface area contributed by atoms with Crippen LogP contribution in [0.25, 0.3) is 0 Å². The summed E-state index contributed by atoms with van der Waals surface area (Å²) in [4.78, 5) is 23.5. The summed E-state index contributed by atoms with van der Waals surface area (Å²) in [5.41, 5.74) is -0.811. The van der Waals surface area contributed by atoms with E-state index in [-0.39, 0.29) is 11.6 Å². The number of anilines is 1. The lowest BCUT2D eigenvalue weighted by atomic mass is 10.1. The third-order valence-electron chi connectivity index (χ3n) is 4.01.